The smallest absolute Gasteiger partial charge is 0.373 e. The van der Waals surface area contributed by atoms with Crippen LogP contribution in [0.3, 0.4) is 0 Å². The van der Waals surface area contributed by atoms with Gasteiger partial charge >= 0.3 is 12.1 Å². The molecule has 0 bridgehead atoms. The first kappa shape index (κ1) is 58.1. The Bertz CT molecular complexity index is 2610. The van der Waals surface area contributed by atoms with E-state index in [1.807, 2.05) is 0 Å². The SMILES string of the molecule is CC1(N)CC1.CCCCCc1nc(-c2ccc(Cl)cc2NC(C)=O)cc(=O)n1CC(=O)O.Cl.O=C=O.[C-]#[N+]C1(CC(=O)Cn2c(CCCCC)nc(-c3ccc(Cl)cc3NC(C)=O)cc2=O)CC1. The lowest BCUT2D eigenvalue weighted by atomic mass is 10.1. The lowest BCUT2D eigenvalue weighted by Crippen LogP contribution is -2.29. The van der Waals surface area contributed by atoms with E-state index in [1.54, 1.807) is 36.4 Å². The van der Waals surface area contributed by atoms with Crippen molar-refractivity contribution in [3.05, 3.63) is 102 Å². The van der Waals surface area contributed by atoms with Crippen molar-refractivity contribution in [3.63, 3.8) is 0 Å². The van der Waals surface area contributed by atoms with Crippen molar-refractivity contribution in [2.24, 2.45) is 5.73 Å². The molecule has 0 atom stereocenters. The summed E-state index contributed by atoms with van der Waals surface area (Å²) < 4.78 is 2.60. The summed E-state index contributed by atoms with van der Waals surface area (Å²) in [5.41, 5.74) is 7.21. The summed E-state index contributed by atoms with van der Waals surface area (Å²) in [5.74, 6) is -0.820. The van der Waals surface area contributed by atoms with Gasteiger partial charge in [0.1, 0.15) is 18.2 Å². The van der Waals surface area contributed by atoms with E-state index >= 15 is 0 Å². The zero-order chi connectivity index (χ0) is 49.9. The van der Waals surface area contributed by atoms with Crippen LogP contribution < -0.4 is 27.5 Å². The molecule has 0 aliphatic heterocycles. The van der Waals surface area contributed by atoms with E-state index < -0.39 is 23.6 Å². The number of anilines is 2. The number of carboxylic acids is 1. The minimum atomic E-state index is -1.10. The zero-order valence-corrected chi connectivity index (χ0v) is 41.2. The van der Waals surface area contributed by atoms with Gasteiger partial charge in [0.2, 0.25) is 17.4 Å². The number of nitrogens with zero attached hydrogens (tertiary/aromatic N) is 5. The van der Waals surface area contributed by atoms with Crippen LogP contribution in [-0.2, 0) is 54.7 Å². The summed E-state index contributed by atoms with van der Waals surface area (Å²) in [4.78, 5) is 102. The number of aryl methyl sites for hydroxylation is 2. The van der Waals surface area contributed by atoms with Gasteiger partial charge in [-0.1, -0.05) is 62.7 Å². The van der Waals surface area contributed by atoms with E-state index in [9.17, 15) is 28.8 Å². The van der Waals surface area contributed by atoms with Gasteiger partial charge in [0, 0.05) is 78.4 Å². The van der Waals surface area contributed by atoms with Gasteiger partial charge in [-0.3, -0.25) is 37.9 Å². The molecule has 2 fully saturated rings. The number of ketones is 1. The van der Waals surface area contributed by atoms with Gasteiger partial charge in [-0.2, -0.15) is 9.59 Å². The highest BCUT2D eigenvalue weighted by atomic mass is 35.5. The number of hydrogen-bond donors (Lipinski definition) is 4. The van der Waals surface area contributed by atoms with Crippen molar-refractivity contribution in [1.29, 1.82) is 0 Å². The number of rotatable bonds is 18. The summed E-state index contributed by atoms with van der Waals surface area (Å²) in [6.07, 6.45) is 11.0. The monoisotopic (exact) mass is 996 g/mol. The third-order valence-corrected chi connectivity index (χ3v) is 11.0. The molecule has 2 amide bonds. The molecular formula is C48H59Cl3N8O9. The highest BCUT2D eigenvalue weighted by molar-refractivity contribution is 6.31. The Morgan fingerprint density at radius 3 is 1.49 bits per heavy atom. The normalized spacial score (nSPS) is 13.1. The molecule has 0 spiro atoms. The van der Waals surface area contributed by atoms with Crippen LogP contribution in [0.5, 0.6) is 0 Å². The highest BCUT2D eigenvalue weighted by Crippen LogP contribution is 2.43. The molecule has 2 aromatic heterocycles. The van der Waals surface area contributed by atoms with Crippen LogP contribution in [0.2, 0.25) is 10.0 Å². The van der Waals surface area contributed by atoms with Gasteiger partial charge in [0.25, 0.3) is 11.1 Å². The second-order valence-corrected chi connectivity index (χ2v) is 17.7. The van der Waals surface area contributed by atoms with Crippen LogP contribution in [0.25, 0.3) is 27.4 Å². The summed E-state index contributed by atoms with van der Waals surface area (Å²) in [6, 6.07) is 12.6. The zero-order valence-electron chi connectivity index (χ0n) is 38.9. The Kier molecular flexibility index (Phi) is 23.7. The maximum atomic E-state index is 13.1. The van der Waals surface area contributed by atoms with Gasteiger partial charge in [0.05, 0.1) is 35.7 Å². The highest BCUT2D eigenvalue weighted by Gasteiger charge is 2.52. The van der Waals surface area contributed by atoms with E-state index in [-0.39, 0.29) is 60.2 Å². The standard InChI is InChI=1S/C24H27ClN4O3.C19H22ClN3O4.C4H9N.CO2.ClH/c1-4-5-6-7-22-28-21(19-9-8-17(25)12-20(19)27-16(2)30)13-23(32)29(22)15-18(31)14-24(26-3)10-11-24;1-3-4-5-6-17-22-16(10-18(25)23(17)11-19(26)27)14-8-7-13(20)9-15(14)21-12(2)24;1-4(5)2-3-4;2-1-3;/h8-9,12-13H,4-7,10-11,14-15H2,1-2H3,(H,27,30);7-10H,3-6,11H2,1-2H3,(H,21,24)(H,26,27);2-3,5H2,1H3;;1H. The molecular weight excluding hydrogens is 939 g/mol. The van der Waals surface area contributed by atoms with E-state index in [2.05, 4.69) is 41.2 Å². The lowest BCUT2D eigenvalue weighted by Gasteiger charge is -2.15. The first-order chi connectivity index (χ1) is 31.7. The van der Waals surface area contributed by atoms with Crippen molar-refractivity contribution < 1.29 is 33.9 Å². The number of hydrogen-bond acceptors (Lipinski definition) is 11. The average molecular weight is 998 g/mol. The fourth-order valence-electron chi connectivity index (χ4n) is 6.64. The molecule has 5 N–H and O–H groups in total. The third kappa shape index (κ3) is 19.3. The maximum Gasteiger partial charge on any atom is 0.373 e. The quantitative estimate of drug-likeness (QED) is 0.0543. The van der Waals surface area contributed by atoms with Gasteiger partial charge in [-0.15, -0.1) is 12.4 Å². The molecule has 0 unspecified atom stereocenters. The van der Waals surface area contributed by atoms with Crippen LogP contribution >= 0.6 is 35.6 Å². The summed E-state index contributed by atoms with van der Waals surface area (Å²) >= 11 is 12.1. The number of nitrogens with one attached hydrogen (secondary N) is 2. The predicted molar refractivity (Wildman–Crippen MR) is 263 cm³/mol. The van der Waals surface area contributed by atoms with E-state index in [0.29, 0.717) is 68.4 Å². The Morgan fingerprint density at radius 1 is 0.765 bits per heavy atom. The second kappa shape index (κ2) is 27.7. The van der Waals surface area contributed by atoms with E-state index in [0.717, 1.165) is 51.4 Å². The first-order valence-electron chi connectivity index (χ1n) is 22.0. The maximum absolute atomic E-state index is 13.1. The molecule has 2 aliphatic carbocycles. The van der Waals surface area contributed by atoms with Gasteiger partial charge in [0.15, 0.2) is 5.78 Å². The van der Waals surface area contributed by atoms with E-state index in [1.165, 1.54) is 48.0 Å². The molecule has 2 aromatic carbocycles. The Balaban J connectivity index is 0.000000400. The molecule has 2 heterocycles. The number of nitrogens with two attached hydrogens (primary N) is 1. The number of carbonyl (C=O) groups excluding carboxylic acids is 5. The number of aromatic nitrogens is 4. The minimum absolute atomic E-state index is 0. The number of carbonyl (C=O) groups is 4. The topological polar surface area (TPSA) is 247 Å². The molecule has 68 heavy (non-hydrogen) atoms. The van der Waals surface area contributed by atoms with Crippen LogP contribution in [0.4, 0.5) is 11.4 Å². The third-order valence-electron chi connectivity index (χ3n) is 10.6. The molecule has 2 saturated carbocycles. The number of unbranched alkanes of at least 4 members (excludes halogenated alkanes) is 4. The lowest BCUT2D eigenvalue weighted by molar-refractivity contribution is -0.191. The van der Waals surface area contributed by atoms with Crippen LogP contribution in [-0.4, -0.2) is 65.0 Å². The second-order valence-electron chi connectivity index (χ2n) is 16.8. The van der Waals surface area contributed by atoms with E-state index in [4.69, 9.17) is 55.2 Å². The fourth-order valence-corrected chi connectivity index (χ4v) is 6.98. The van der Waals surface area contributed by atoms with Crippen molar-refractivity contribution >= 4 is 76.7 Å². The van der Waals surface area contributed by atoms with Crippen molar-refractivity contribution in [1.82, 2.24) is 19.1 Å². The molecule has 20 heteroatoms. The summed E-state index contributed by atoms with van der Waals surface area (Å²) in [6.45, 7) is 15.8. The number of amides is 2. The van der Waals surface area contributed by atoms with Gasteiger partial charge in [-0.25, -0.2) is 16.5 Å². The Hall–Kier alpha value is -6.02. The number of Topliss-reactive ketones (excluding diaryl/α,β-unsaturated/α-hetero) is 1. The Morgan fingerprint density at radius 2 is 1.16 bits per heavy atom. The molecule has 6 rings (SSSR count). The molecule has 0 saturated heterocycles. The van der Waals surface area contributed by atoms with Gasteiger partial charge in [-0.05, 0) is 69.0 Å². The number of aliphatic carboxylic acids is 1. The average Bonchev–Trinajstić information content (AvgIpc) is 4.18. The number of carboxylic acid groups (broad SMARTS) is 1. The Labute approximate surface area is 411 Å². The molecule has 17 nitrogen and oxygen atoms in total. The number of benzene rings is 2. The van der Waals surface area contributed by atoms with Crippen molar-refractivity contribution in [3.8, 4) is 22.5 Å². The predicted octanol–water partition coefficient (Wildman–Crippen LogP) is 8.34. The first-order valence-corrected chi connectivity index (χ1v) is 22.7. The molecule has 4 aromatic rings. The fraction of sp³-hybridized carbons (Fsp3) is 0.458. The summed E-state index contributed by atoms with van der Waals surface area (Å²) in [5, 5.41) is 15.4. The van der Waals surface area contributed by atoms with Crippen molar-refractivity contribution in [2.75, 3.05) is 10.6 Å². The summed E-state index contributed by atoms with van der Waals surface area (Å²) in [7, 11) is 0. The van der Waals surface area contributed by atoms with Crippen LogP contribution in [0, 0.1) is 6.57 Å². The van der Waals surface area contributed by atoms with Crippen LogP contribution in [0.1, 0.15) is 117 Å². The molecule has 2 aliphatic rings. The molecule has 0 radical (unpaired) electrons. The van der Waals surface area contributed by atoms with Gasteiger partial charge < -0.3 is 26.3 Å². The number of halogens is 3. The molecule has 366 valence electrons. The van der Waals surface area contributed by atoms with Crippen LogP contribution in [0.15, 0.2) is 58.1 Å². The largest absolute Gasteiger partial charge is 0.480 e. The van der Waals surface area contributed by atoms with Crippen molar-refractivity contribution in [2.45, 2.75) is 142 Å². The minimum Gasteiger partial charge on any atom is -0.480 e.